The molecule has 0 unspecified atom stereocenters. The van der Waals surface area contributed by atoms with E-state index in [-0.39, 0.29) is 44.4 Å². The molecule has 0 aromatic heterocycles. The molecular weight excluding hydrogens is 589 g/mol. The Morgan fingerprint density at radius 3 is 2.14 bits per heavy atom. The number of carbonyl (C=O) groups is 3. The maximum atomic E-state index is 13.5. The zero-order chi connectivity index (χ0) is 31.5. The van der Waals surface area contributed by atoms with Gasteiger partial charge in [0.2, 0.25) is 11.8 Å². The predicted octanol–water partition coefficient (Wildman–Crippen LogP) is 4.90. The van der Waals surface area contributed by atoms with Gasteiger partial charge in [-0.25, -0.2) is 9.18 Å². The summed E-state index contributed by atoms with van der Waals surface area (Å²) >= 11 is 0. The van der Waals surface area contributed by atoms with Gasteiger partial charge < -0.3 is 20.3 Å². The minimum absolute atomic E-state index is 0.0288. The van der Waals surface area contributed by atoms with Crippen molar-refractivity contribution in [1.29, 1.82) is 0 Å². The molecule has 8 nitrogen and oxygen atoms in total. The molecule has 2 N–H and O–H groups in total. The van der Waals surface area contributed by atoms with E-state index < -0.39 is 65.7 Å². The lowest BCUT2D eigenvalue weighted by molar-refractivity contribution is -0.169. The summed E-state index contributed by atoms with van der Waals surface area (Å²) in [6, 6.07) is 5.37. The van der Waals surface area contributed by atoms with Gasteiger partial charge in [-0.05, 0) is 67.3 Å². The molecule has 4 rings (SSSR count). The van der Waals surface area contributed by atoms with Crippen molar-refractivity contribution in [3.63, 3.8) is 0 Å². The first kappa shape index (κ1) is 32.0. The second-order valence-electron chi connectivity index (χ2n) is 10.3. The van der Waals surface area contributed by atoms with Gasteiger partial charge in [0.1, 0.15) is 24.6 Å². The summed E-state index contributed by atoms with van der Waals surface area (Å²) in [7, 11) is 0. The fourth-order valence-corrected chi connectivity index (χ4v) is 5.24. The number of alkyl halides is 6. The summed E-state index contributed by atoms with van der Waals surface area (Å²) in [6.45, 7) is -0.809. The number of nitrogens with zero attached hydrogens (tertiary/aromatic N) is 3. The molecule has 15 heteroatoms. The standard InChI is InChI=1S/C28H29F7N4O4/c29-21-6-4-17(5-7-21)14-37-15-23-38(10-8-24(40)39(23)22(25(37)41)3-1-2-9-36)26(42)43-16-18-11-19(27(30,31)32)13-20(12-18)28(33,34)35/h4-7,11-13,22-23H,1-3,8-10,14-16,36H2/t22-,23+/m0/s1. The van der Waals surface area contributed by atoms with Crippen LogP contribution >= 0.6 is 0 Å². The molecule has 234 valence electrons. The molecule has 0 spiro atoms. The second kappa shape index (κ2) is 12.8. The summed E-state index contributed by atoms with van der Waals surface area (Å²) in [6.07, 6.45) is -11.1. The highest BCUT2D eigenvalue weighted by Gasteiger charge is 2.49. The molecule has 43 heavy (non-hydrogen) atoms. The first-order chi connectivity index (χ1) is 20.2. The molecule has 2 aromatic carbocycles. The maximum absolute atomic E-state index is 13.5. The number of carbonyl (C=O) groups excluding carboxylic acids is 3. The van der Waals surface area contributed by atoms with Crippen LogP contribution in [-0.2, 0) is 39.8 Å². The molecule has 2 fully saturated rings. The number of halogens is 7. The molecule has 0 saturated carbocycles. The van der Waals surface area contributed by atoms with Crippen LogP contribution in [0.2, 0.25) is 0 Å². The summed E-state index contributed by atoms with van der Waals surface area (Å²) in [5.74, 6) is -1.26. The predicted molar refractivity (Wildman–Crippen MR) is 137 cm³/mol. The summed E-state index contributed by atoms with van der Waals surface area (Å²) in [5.41, 5.74) is 2.54. The number of piperazine rings is 1. The molecule has 2 saturated heterocycles. The highest BCUT2D eigenvalue weighted by Crippen LogP contribution is 2.37. The maximum Gasteiger partial charge on any atom is 0.416 e. The third-order valence-corrected chi connectivity index (χ3v) is 7.31. The normalized spacial score (nSPS) is 19.5. The number of nitrogens with two attached hydrogens (primary N) is 1. The van der Waals surface area contributed by atoms with Crippen LogP contribution in [0.1, 0.15) is 47.9 Å². The number of hydrogen-bond donors (Lipinski definition) is 1. The van der Waals surface area contributed by atoms with Crippen LogP contribution in [0.4, 0.5) is 35.5 Å². The van der Waals surface area contributed by atoms with E-state index in [9.17, 15) is 45.1 Å². The Bertz CT molecular complexity index is 1300. The van der Waals surface area contributed by atoms with Gasteiger partial charge >= 0.3 is 18.4 Å². The summed E-state index contributed by atoms with van der Waals surface area (Å²) in [5, 5.41) is 0. The lowest BCUT2D eigenvalue weighted by Crippen LogP contribution is -2.71. The molecule has 2 aliphatic heterocycles. The van der Waals surface area contributed by atoms with E-state index >= 15 is 0 Å². The SMILES string of the molecule is NCCCC[C@H]1C(=O)N(Cc2ccc(F)cc2)C[C@@H]2N(C(=O)OCc3cc(C(F)(F)F)cc(C(F)(F)F)c3)CCC(=O)N21. The lowest BCUT2D eigenvalue weighted by atomic mass is 9.98. The molecule has 2 heterocycles. The Hall–Kier alpha value is -3.88. The smallest absolute Gasteiger partial charge is 0.416 e. The quantitative estimate of drug-likeness (QED) is 0.336. The molecule has 2 aromatic rings. The first-order valence-electron chi connectivity index (χ1n) is 13.4. The third-order valence-electron chi connectivity index (χ3n) is 7.31. The van der Waals surface area contributed by atoms with Gasteiger partial charge in [-0.1, -0.05) is 12.1 Å². The Morgan fingerprint density at radius 2 is 1.56 bits per heavy atom. The summed E-state index contributed by atoms with van der Waals surface area (Å²) in [4.78, 5) is 43.6. The second-order valence-corrected chi connectivity index (χ2v) is 10.3. The van der Waals surface area contributed by atoms with Crippen LogP contribution in [0.3, 0.4) is 0 Å². The van der Waals surface area contributed by atoms with E-state index in [1.165, 1.54) is 34.1 Å². The number of ether oxygens (including phenoxy) is 1. The zero-order valence-electron chi connectivity index (χ0n) is 22.8. The topological polar surface area (TPSA) is 96.2 Å². The van der Waals surface area contributed by atoms with E-state index in [4.69, 9.17) is 10.5 Å². The molecule has 2 atom stereocenters. The van der Waals surface area contributed by atoms with Crippen molar-refractivity contribution in [3.8, 4) is 0 Å². The molecule has 0 bridgehead atoms. The van der Waals surface area contributed by atoms with Crippen LogP contribution in [-0.4, -0.2) is 64.4 Å². The average molecular weight is 619 g/mol. The van der Waals surface area contributed by atoms with Crippen molar-refractivity contribution < 1.29 is 49.9 Å². The molecule has 3 amide bonds. The van der Waals surface area contributed by atoms with Crippen molar-refractivity contribution in [2.75, 3.05) is 19.6 Å². The highest BCUT2D eigenvalue weighted by atomic mass is 19.4. The molecule has 2 aliphatic rings. The summed E-state index contributed by atoms with van der Waals surface area (Å²) < 4.78 is 98.2. The van der Waals surface area contributed by atoms with E-state index in [0.29, 0.717) is 37.1 Å². The van der Waals surface area contributed by atoms with Gasteiger partial charge in [0, 0.05) is 19.5 Å². The number of unbranched alkanes of at least 4 members (excludes halogenated alkanes) is 1. The van der Waals surface area contributed by atoms with Gasteiger partial charge in [0.25, 0.3) is 0 Å². The van der Waals surface area contributed by atoms with Crippen molar-refractivity contribution in [3.05, 3.63) is 70.5 Å². The van der Waals surface area contributed by atoms with Crippen molar-refractivity contribution in [1.82, 2.24) is 14.7 Å². The number of fused-ring (bicyclic) bond motifs is 1. The molecule has 0 radical (unpaired) electrons. The van der Waals surface area contributed by atoms with Crippen LogP contribution in [0.5, 0.6) is 0 Å². The van der Waals surface area contributed by atoms with Crippen LogP contribution in [0.25, 0.3) is 0 Å². The monoisotopic (exact) mass is 618 g/mol. The molecule has 0 aliphatic carbocycles. The minimum atomic E-state index is -5.07. The van der Waals surface area contributed by atoms with Gasteiger partial charge in [-0.15, -0.1) is 0 Å². The largest absolute Gasteiger partial charge is 0.444 e. The number of amides is 3. The molecular formula is C28H29F7N4O4. The van der Waals surface area contributed by atoms with Crippen LogP contribution in [0.15, 0.2) is 42.5 Å². The number of benzene rings is 2. The number of hydrogen-bond acceptors (Lipinski definition) is 5. The van der Waals surface area contributed by atoms with Gasteiger partial charge in [-0.2, -0.15) is 26.3 Å². The Balaban J connectivity index is 1.58. The fourth-order valence-electron chi connectivity index (χ4n) is 5.24. The van der Waals surface area contributed by atoms with E-state index in [0.717, 1.165) is 4.90 Å². The highest BCUT2D eigenvalue weighted by molar-refractivity contribution is 5.90. The average Bonchev–Trinajstić information content (AvgIpc) is 2.94. The first-order valence-corrected chi connectivity index (χ1v) is 13.4. The minimum Gasteiger partial charge on any atom is -0.444 e. The Kier molecular flexibility index (Phi) is 9.52. The van der Waals surface area contributed by atoms with Crippen molar-refractivity contribution in [2.24, 2.45) is 5.73 Å². The lowest BCUT2D eigenvalue weighted by Gasteiger charge is -2.52. The Morgan fingerprint density at radius 1 is 0.930 bits per heavy atom. The third kappa shape index (κ3) is 7.56. The van der Waals surface area contributed by atoms with Gasteiger partial charge in [0.05, 0.1) is 17.7 Å². The van der Waals surface area contributed by atoms with E-state index in [1.807, 2.05) is 0 Å². The van der Waals surface area contributed by atoms with E-state index in [1.54, 1.807) is 0 Å². The van der Waals surface area contributed by atoms with Crippen LogP contribution < -0.4 is 5.73 Å². The Labute approximate surface area is 242 Å². The van der Waals surface area contributed by atoms with Gasteiger partial charge in [-0.3, -0.25) is 14.5 Å². The zero-order valence-corrected chi connectivity index (χ0v) is 22.8. The van der Waals surface area contributed by atoms with Crippen molar-refractivity contribution >= 4 is 17.9 Å². The van der Waals surface area contributed by atoms with E-state index in [2.05, 4.69) is 0 Å². The van der Waals surface area contributed by atoms with Crippen molar-refractivity contribution in [2.45, 2.75) is 63.4 Å². The number of rotatable bonds is 8. The van der Waals surface area contributed by atoms with Gasteiger partial charge in [0.15, 0.2) is 0 Å². The van der Waals surface area contributed by atoms with Crippen LogP contribution in [0, 0.1) is 5.82 Å². The fraction of sp³-hybridized carbons (Fsp3) is 0.464.